The van der Waals surface area contributed by atoms with E-state index in [1.54, 1.807) is 17.2 Å². The number of nitrogen functional groups attached to an aromatic ring is 1. The van der Waals surface area contributed by atoms with Crippen molar-refractivity contribution in [1.82, 2.24) is 4.90 Å². The number of aromatic amines is 1. The Morgan fingerprint density at radius 1 is 1.10 bits per heavy atom. The van der Waals surface area contributed by atoms with Crippen LogP contribution < -0.4 is 10.7 Å². The summed E-state index contributed by atoms with van der Waals surface area (Å²) >= 11 is 1.18. The monoisotopic (exact) mass is 404 g/mol. The molecule has 144 valence electrons. The predicted octanol–water partition coefficient (Wildman–Crippen LogP) is 2.74. The van der Waals surface area contributed by atoms with Crippen molar-refractivity contribution >= 4 is 23.5 Å². The Kier molecular flexibility index (Phi) is 6.51. The van der Waals surface area contributed by atoms with Gasteiger partial charge in [0.15, 0.2) is 5.03 Å². The lowest BCUT2D eigenvalue weighted by Gasteiger charge is -2.21. The molecular weight excluding hydrogens is 386 g/mol. The number of amides is 1. The van der Waals surface area contributed by atoms with Gasteiger partial charge in [0, 0.05) is 6.54 Å². The minimum absolute atomic E-state index is 0.101. The maximum Gasteiger partial charge on any atom is 0.289 e. The first kappa shape index (κ1) is 20.0. The van der Waals surface area contributed by atoms with E-state index in [0.29, 0.717) is 23.9 Å². The van der Waals surface area contributed by atoms with E-state index in [1.807, 2.05) is 48.5 Å². The van der Waals surface area contributed by atoms with Crippen molar-refractivity contribution in [2.75, 3.05) is 11.5 Å². The second-order valence-corrected chi connectivity index (χ2v) is 7.15. The van der Waals surface area contributed by atoms with Gasteiger partial charge in [0.2, 0.25) is 5.91 Å². The molecule has 2 heterocycles. The summed E-state index contributed by atoms with van der Waals surface area (Å²) in [6.45, 7) is 0.775. The molecule has 0 aliphatic rings. The number of carbonyl (C=O) groups excluding carboxylic acids is 1. The largest absolute Gasteiger partial charge is 0.467 e. The first-order valence-electron chi connectivity index (χ1n) is 8.73. The zero-order valence-corrected chi connectivity index (χ0v) is 16.3. The fourth-order valence-electron chi connectivity index (χ4n) is 2.69. The molecule has 1 amide bonds. The number of aromatic nitrogens is 1. The summed E-state index contributed by atoms with van der Waals surface area (Å²) in [6.07, 6.45) is 1.57. The lowest BCUT2D eigenvalue weighted by molar-refractivity contribution is -0.410. The second kappa shape index (κ2) is 9.45. The molecule has 29 heavy (non-hydrogen) atoms. The van der Waals surface area contributed by atoms with Crippen LogP contribution in [0.4, 0.5) is 5.82 Å². The van der Waals surface area contributed by atoms with E-state index < -0.39 is 0 Å². The van der Waals surface area contributed by atoms with Gasteiger partial charge in [-0.1, -0.05) is 42.1 Å². The Morgan fingerprint density at radius 2 is 1.86 bits per heavy atom. The second-order valence-electron chi connectivity index (χ2n) is 6.17. The van der Waals surface area contributed by atoms with Crippen molar-refractivity contribution < 1.29 is 14.2 Å². The molecule has 0 bridgehead atoms. The van der Waals surface area contributed by atoms with Crippen LogP contribution in [0.15, 0.2) is 64.2 Å². The Morgan fingerprint density at radius 3 is 2.52 bits per heavy atom. The van der Waals surface area contributed by atoms with Gasteiger partial charge in [-0.3, -0.25) is 10.5 Å². The fraction of sp³-hybridized carbons (Fsp3) is 0.143. The van der Waals surface area contributed by atoms with Crippen LogP contribution in [0.3, 0.4) is 0 Å². The summed E-state index contributed by atoms with van der Waals surface area (Å²) < 4.78 is 5.40. The average Bonchev–Trinajstić information content (AvgIpc) is 3.25. The van der Waals surface area contributed by atoms with E-state index in [4.69, 9.17) is 15.4 Å². The third-order valence-corrected chi connectivity index (χ3v) is 5.15. The molecule has 7 nitrogen and oxygen atoms in total. The van der Waals surface area contributed by atoms with Crippen molar-refractivity contribution in [3.63, 3.8) is 0 Å². The van der Waals surface area contributed by atoms with Crippen LogP contribution in [0.2, 0.25) is 0 Å². The highest BCUT2D eigenvalue weighted by molar-refractivity contribution is 7.99. The Balaban J connectivity index is 1.75. The van der Waals surface area contributed by atoms with E-state index in [2.05, 4.69) is 4.98 Å². The molecule has 0 saturated heterocycles. The lowest BCUT2D eigenvalue weighted by Crippen LogP contribution is -2.31. The molecule has 0 atom stereocenters. The van der Waals surface area contributed by atoms with Crippen LogP contribution in [0.1, 0.15) is 22.5 Å². The third kappa shape index (κ3) is 5.16. The highest BCUT2D eigenvalue weighted by Crippen LogP contribution is 2.22. The number of H-pyrrole nitrogens is 1. The maximum atomic E-state index is 12.9. The number of anilines is 1. The minimum Gasteiger partial charge on any atom is -0.467 e. The number of nitriles is 2. The van der Waals surface area contributed by atoms with Gasteiger partial charge in [0.25, 0.3) is 5.82 Å². The minimum atomic E-state index is -0.115. The number of rotatable bonds is 7. The van der Waals surface area contributed by atoms with Crippen molar-refractivity contribution in [3.8, 4) is 12.1 Å². The maximum absolute atomic E-state index is 12.9. The number of nitrogens with two attached hydrogens (primary N) is 1. The topological polar surface area (TPSA) is 121 Å². The van der Waals surface area contributed by atoms with Gasteiger partial charge in [0.05, 0.1) is 18.6 Å². The SMILES string of the molecule is N#Cc1cc(C#N)c(SCC(=O)N(Cc2ccccc2)Cc2ccco2)[nH+]c1N. The fourth-order valence-corrected chi connectivity index (χ4v) is 3.58. The van der Waals surface area contributed by atoms with Crippen LogP contribution in [0.5, 0.6) is 0 Å². The van der Waals surface area contributed by atoms with Crippen molar-refractivity contribution in [3.05, 3.63) is 77.2 Å². The number of pyridine rings is 1. The summed E-state index contributed by atoms with van der Waals surface area (Å²) in [5, 5.41) is 18.8. The molecule has 2 aromatic heterocycles. The molecule has 8 heteroatoms. The smallest absolute Gasteiger partial charge is 0.289 e. The highest BCUT2D eigenvalue weighted by Gasteiger charge is 2.20. The molecule has 3 N–H and O–H groups in total. The summed E-state index contributed by atoms with van der Waals surface area (Å²) in [5.41, 5.74) is 7.28. The number of thioether (sulfide) groups is 1. The highest BCUT2D eigenvalue weighted by atomic mass is 32.2. The van der Waals surface area contributed by atoms with Crippen molar-refractivity contribution in [2.24, 2.45) is 0 Å². The van der Waals surface area contributed by atoms with Gasteiger partial charge in [-0.05, 0) is 23.8 Å². The molecule has 0 aliphatic carbocycles. The summed E-state index contributed by atoms with van der Waals surface area (Å²) in [4.78, 5) is 17.5. The Labute approximate surface area is 172 Å². The molecule has 3 rings (SSSR count). The van der Waals surface area contributed by atoms with Crippen LogP contribution in [0, 0.1) is 22.7 Å². The van der Waals surface area contributed by atoms with Gasteiger partial charge in [-0.25, -0.2) is 4.98 Å². The first-order chi connectivity index (χ1) is 14.1. The summed E-state index contributed by atoms with van der Waals surface area (Å²) in [6, 6.07) is 18.7. The lowest BCUT2D eigenvalue weighted by atomic mass is 10.2. The van der Waals surface area contributed by atoms with Crippen LogP contribution >= 0.6 is 11.8 Å². The number of carbonyl (C=O) groups is 1. The molecule has 0 fully saturated rings. The van der Waals surface area contributed by atoms with E-state index in [-0.39, 0.29) is 28.6 Å². The first-order valence-corrected chi connectivity index (χ1v) is 9.72. The number of hydrogen-bond donors (Lipinski definition) is 1. The van der Waals surface area contributed by atoms with E-state index >= 15 is 0 Å². The van der Waals surface area contributed by atoms with Gasteiger partial charge in [-0.15, -0.1) is 0 Å². The van der Waals surface area contributed by atoms with E-state index in [1.165, 1.54) is 17.8 Å². The van der Waals surface area contributed by atoms with Crippen molar-refractivity contribution in [2.45, 2.75) is 18.1 Å². The van der Waals surface area contributed by atoms with E-state index in [0.717, 1.165) is 5.56 Å². The zero-order valence-electron chi connectivity index (χ0n) is 15.5. The van der Waals surface area contributed by atoms with Gasteiger partial charge < -0.3 is 9.32 Å². The van der Waals surface area contributed by atoms with Gasteiger partial charge in [-0.2, -0.15) is 10.5 Å². The Hall–Kier alpha value is -3.75. The van der Waals surface area contributed by atoms with Crippen molar-refractivity contribution in [1.29, 1.82) is 10.5 Å². The van der Waals surface area contributed by atoms with E-state index in [9.17, 15) is 10.1 Å². The molecule has 0 saturated carbocycles. The van der Waals surface area contributed by atoms with Crippen LogP contribution in [-0.4, -0.2) is 16.6 Å². The predicted molar refractivity (Wildman–Crippen MR) is 107 cm³/mol. The standard InChI is InChI=1S/C21H17N5O2S/c22-10-16-9-17(11-23)21(25-20(16)24)29-14-19(27)26(13-18-7-4-8-28-18)12-15-5-2-1-3-6-15/h1-9H,12-14H2,(H2,24,25)/p+1. The molecule has 1 aromatic carbocycles. The number of furan rings is 1. The number of benzene rings is 1. The number of hydrogen-bond acceptors (Lipinski definition) is 6. The molecule has 0 radical (unpaired) electrons. The van der Waals surface area contributed by atoms with Gasteiger partial charge >= 0.3 is 0 Å². The quantitative estimate of drug-likeness (QED) is 0.604. The number of nitrogens with one attached hydrogen (secondary N) is 1. The number of nitrogens with zero attached hydrogens (tertiary/aromatic N) is 3. The molecular formula is C21H18N5O2S+. The normalized spacial score (nSPS) is 10.1. The summed E-state index contributed by atoms with van der Waals surface area (Å²) in [5.74, 6) is 0.837. The zero-order chi connectivity index (χ0) is 20.6. The molecule has 0 aliphatic heterocycles. The van der Waals surface area contributed by atoms with Gasteiger partial charge in [0.1, 0.15) is 29.0 Å². The average molecular weight is 404 g/mol. The molecule has 0 unspecified atom stereocenters. The Bertz CT molecular complexity index is 1070. The summed E-state index contributed by atoms with van der Waals surface area (Å²) in [7, 11) is 0. The van der Waals surface area contributed by atoms with Crippen LogP contribution in [0.25, 0.3) is 0 Å². The molecule has 0 spiro atoms. The third-order valence-electron chi connectivity index (χ3n) is 4.15. The molecule has 3 aromatic rings. The van der Waals surface area contributed by atoms with Crippen LogP contribution in [-0.2, 0) is 17.9 Å².